The van der Waals surface area contributed by atoms with E-state index in [0.29, 0.717) is 15.6 Å². The predicted molar refractivity (Wildman–Crippen MR) is 111 cm³/mol. The molecule has 30 heavy (non-hydrogen) atoms. The Morgan fingerprint density at radius 1 is 1.03 bits per heavy atom. The number of carbonyl (C=O) groups is 2. The van der Waals surface area contributed by atoms with Crippen molar-refractivity contribution >= 4 is 63.9 Å². The first-order valence-electron chi connectivity index (χ1n) is 8.44. The van der Waals surface area contributed by atoms with Gasteiger partial charge in [0, 0.05) is 28.7 Å². The second kappa shape index (κ2) is 8.11. The minimum atomic E-state index is -4.74. The summed E-state index contributed by atoms with van der Waals surface area (Å²) >= 11 is 24.5. The molecule has 0 heterocycles. The molecule has 2 aromatic carbocycles. The molecular formula is C19H13Cl4F3N2O2. The Morgan fingerprint density at radius 3 is 2.17 bits per heavy atom. The van der Waals surface area contributed by atoms with Gasteiger partial charge in [-0.1, -0.05) is 23.2 Å². The summed E-state index contributed by atoms with van der Waals surface area (Å²) in [4.78, 5) is 24.6. The zero-order valence-electron chi connectivity index (χ0n) is 15.1. The lowest BCUT2D eigenvalue weighted by Crippen LogP contribution is -2.23. The van der Waals surface area contributed by atoms with Gasteiger partial charge in [0.2, 0.25) is 5.91 Å². The Labute approximate surface area is 189 Å². The summed E-state index contributed by atoms with van der Waals surface area (Å²) < 4.78 is 38.0. The van der Waals surface area contributed by atoms with Gasteiger partial charge in [0.1, 0.15) is 4.33 Å². The number of alkyl halides is 5. The molecule has 0 spiro atoms. The molecular weight excluding hydrogens is 487 g/mol. The molecule has 11 heteroatoms. The third kappa shape index (κ3) is 4.49. The van der Waals surface area contributed by atoms with Crippen LogP contribution < -0.4 is 10.6 Å². The van der Waals surface area contributed by atoms with Crippen molar-refractivity contribution in [1.29, 1.82) is 0 Å². The molecule has 1 fully saturated rings. The van der Waals surface area contributed by atoms with Crippen LogP contribution in [-0.4, -0.2) is 23.2 Å². The highest BCUT2D eigenvalue weighted by atomic mass is 35.5. The van der Waals surface area contributed by atoms with E-state index >= 15 is 0 Å². The lowest BCUT2D eigenvalue weighted by Gasteiger charge is -2.14. The van der Waals surface area contributed by atoms with E-state index in [-0.39, 0.29) is 5.69 Å². The van der Waals surface area contributed by atoms with Crippen LogP contribution in [0.1, 0.15) is 27.4 Å². The highest BCUT2D eigenvalue weighted by Crippen LogP contribution is 2.65. The van der Waals surface area contributed by atoms with Gasteiger partial charge < -0.3 is 10.6 Å². The first-order valence-corrected chi connectivity index (χ1v) is 9.95. The molecule has 2 amide bonds. The van der Waals surface area contributed by atoms with E-state index < -0.39 is 45.3 Å². The second-order valence-corrected chi connectivity index (χ2v) is 8.98. The SMILES string of the molecule is CNC(=O)c1cc(NC(=O)[C@@H]2[C@@H](c3cc(Cl)cc(Cl)c3)C2(Cl)Cl)ccc1C(F)(F)F. The summed E-state index contributed by atoms with van der Waals surface area (Å²) in [5.74, 6) is -3.09. The zero-order chi connectivity index (χ0) is 22.4. The van der Waals surface area contributed by atoms with Crippen molar-refractivity contribution in [3.05, 3.63) is 63.1 Å². The van der Waals surface area contributed by atoms with Gasteiger partial charge in [0.05, 0.1) is 17.0 Å². The Hall–Kier alpha value is -1.67. The van der Waals surface area contributed by atoms with Crippen LogP contribution in [0.15, 0.2) is 36.4 Å². The highest BCUT2D eigenvalue weighted by Gasteiger charge is 2.67. The molecule has 2 atom stereocenters. The fraction of sp³-hybridized carbons (Fsp3) is 0.263. The van der Waals surface area contributed by atoms with Crippen LogP contribution in [-0.2, 0) is 11.0 Å². The van der Waals surface area contributed by atoms with E-state index in [1.807, 2.05) is 0 Å². The van der Waals surface area contributed by atoms with Crippen LogP contribution in [0, 0.1) is 5.92 Å². The number of halogens is 7. The molecule has 1 aliphatic rings. The predicted octanol–water partition coefficient (Wildman–Crippen LogP) is 5.90. The largest absolute Gasteiger partial charge is 0.417 e. The average molecular weight is 500 g/mol. The van der Waals surface area contributed by atoms with Crippen LogP contribution in [0.2, 0.25) is 10.0 Å². The van der Waals surface area contributed by atoms with E-state index in [0.717, 1.165) is 18.2 Å². The number of nitrogens with one attached hydrogen (secondary N) is 2. The molecule has 4 nitrogen and oxygen atoms in total. The zero-order valence-corrected chi connectivity index (χ0v) is 18.1. The molecule has 3 rings (SSSR count). The summed E-state index contributed by atoms with van der Waals surface area (Å²) in [5.41, 5.74) is -1.21. The number of benzene rings is 2. The molecule has 1 aliphatic carbocycles. The minimum absolute atomic E-state index is 0.00879. The Balaban J connectivity index is 1.86. The molecule has 2 N–H and O–H groups in total. The second-order valence-electron chi connectivity index (χ2n) is 6.66. The minimum Gasteiger partial charge on any atom is -0.355 e. The highest BCUT2D eigenvalue weighted by molar-refractivity contribution is 6.53. The van der Waals surface area contributed by atoms with E-state index in [4.69, 9.17) is 46.4 Å². The summed E-state index contributed by atoms with van der Waals surface area (Å²) in [6.45, 7) is 0. The topological polar surface area (TPSA) is 58.2 Å². The summed E-state index contributed by atoms with van der Waals surface area (Å²) in [6, 6.07) is 7.37. The Morgan fingerprint density at radius 2 is 1.63 bits per heavy atom. The fourth-order valence-corrected chi connectivity index (χ4v) is 4.61. The first kappa shape index (κ1) is 23.0. The number of hydrogen-bond acceptors (Lipinski definition) is 2. The number of rotatable bonds is 4. The van der Waals surface area contributed by atoms with Crippen LogP contribution >= 0.6 is 46.4 Å². The van der Waals surface area contributed by atoms with Crippen LogP contribution in [0.3, 0.4) is 0 Å². The molecule has 0 saturated heterocycles. The summed E-state index contributed by atoms with van der Waals surface area (Å²) in [7, 11) is 1.20. The monoisotopic (exact) mass is 498 g/mol. The fourth-order valence-electron chi connectivity index (χ4n) is 3.23. The van der Waals surface area contributed by atoms with E-state index in [1.165, 1.54) is 13.1 Å². The van der Waals surface area contributed by atoms with Gasteiger partial charge in [0.15, 0.2) is 0 Å². The van der Waals surface area contributed by atoms with Gasteiger partial charge >= 0.3 is 6.18 Å². The number of carbonyl (C=O) groups excluding carboxylic acids is 2. The van der Waals surface area contributed by atoms with Crippen LogP contribution in [0.25, 0.3) is 0 Å². The standard InChI is InChI=1S/C19H13Cl4F3N2O2/c1-27-16(29)12-7-11(2-3-13(12)19(24,25)26)28-17(30)15-14(18(15,22)23)8-4-9(20)6-10(21)5-8/h2-7,14-15H,1H3,(H,27,29)(H,28,30)/t14-,15+/m1/s1. The van der Waals surface area contributed by atoms with Crippen molar-refractivity contribution in [2.45, 2.75) is 16.4 Å². The van der Waals surface area contributed by atoms with Gasteiger partial charge in [-0.05, 0) is 42.0 Å². The van der Waals surface area contributed by atoms with Crippen molar-refractivity contribution in [2.24, 2.45) is 5.92 Å². The van der Waals surface area contributed by atoms with E-state index in [9.17, 15) is 22.8 Å². The van der Waals surface area contributed by atoms with Gasteiger partial charge in [-0.15, -0.1) is 23.2 Å². The molecule has 1 saturated carbocycles. The molecule has 160 valence electrons. The Bertz CT molecular complexity index is 1010. The van der Waals surface area contributed by atoms with E-state index in [1.54, 1.807) is 12.1 Å². The Kier molecular flexibility index (Phi) is 6.22. The van der Waals surface area contributed by atoms with Gasteiger partial charge in [-0.2, -0.15) is 13.2 Å². The lowest BCUT2D eigenvalue weighted by atomic mass is 10.0. The number of anilines is 1. The maximum Gasteiger partial charge on any atom is 0.417 e. The molecule has 0 bridgehead atoms. The summed E-state index contributed by atoms with van der Waals surface area (Å²) in [5, 5.41) is 5.29. The molecule has 0 unspecified atom stereocenters. The van der Waals surface area contributed by atoms with Gasteiger partial charge in [0.25, 0.3) is 5.91 Å². The quantitative estimate of drug-likeness (QED) is 0.514. The lowest BCUT2D eigenvalue weighted by molar-refractivity contribution is -0.137. The first-order chi connectivity index (χ1) is 13.9. The average Bonchev–Trinajstić information content (AvgIpc) is 3.21. The van der Waals surface area contributed by atoms with E-state index in [2.05, 4.69) is 10.6 Å². The smallest absolute Gasteiger partial charge is 0.355 e. The molecule has 0 radical (unpaired) electrons. The molecule has 0 aliphatic heterocycles. The van der Waals surface area contributed by atoms with Crippen molar-refractivity contribution in [2.75, 3.05) is 12.4 Å². The van der Waals surface area contributed by atoms with Crippen molar-refractivity contribution in [3.63, 3.8) is 0 Å². The number of amides is 2. The third-order valence-corrected chi connectivity index (χ3v) is 6.02. The van der Waals surface area contributed by atoms with Crippen LogP contribution in [0.5, 0.6) is 0 Å². The van der Waals surface area contributed by atoms with Crippen LogP contribution in [0.4, 0.5) is 18.9 Å². The maximum absolute atomic E-state index is 13.2. The normalized spacial score (nSPS) is 19.9. The maximum atomic E-state index is 13.2. The number of hydrogen-bond donors (Lipinski definition) is 2. The van der Waals surface area contributed by atoms with Crippen molar-refractivity contribution in [1.82, 2.24) is 5.32 Å². The van der Waals surface area contributed by atoms with Gasteiger partial charge in [-0.3, -0.25) is 9.59 Å². The third-order valence-electron chi connectivity index (χ3n) is 4.64. The van der Waals surface area contributed by atoms with Crippen molar-refractivity contribution < 1.29 is 22.8 Å². The van der Waals surface area contributed by atoms with Crippen molar-refractivity contribution in [3.8, 4) is 0 Å². The van der Waals surface area contributed by atoms with Gasteiger partial charge in [-0.25, -0.2) is 0 Å². The summed E-state index contributed by atoms with van der Waals surface area (Å²) in [6.07, 6.45) is -4.74. The molecule has 0 aromatic heterocycles. The molecule has 2 aromatic rings.